The Balaban J connectivity index is 2.40. The molecule has 0 aromatic rings. The van der Waals surface area contributed by atoms with Gasteiger partial charge in [-0.05, 0) is 49.9 Å². The van der Waals surface area contributed by atoms with Crippen molar-refractivity contribution in [2.45, 2.75) is 64.9 Å². The number of aliphatic hydroxyl groups excluding tert-OH is 1. The number of unbranched alkanes of at least 4 members (excludes halogenated alkanes) is 1. The molecule has 0 bridgehead atoms. The van der Waals surface area contributed by atoms with E-state index < -0.39 is 0 Å². The second kappa shape index (κ2) is 6.88. The third-order valence-electron chi connectivity index (χ3n) is 4.45. The standard InChI is InChI=1S/C15H31NO2/c1-14(2,3)13-6-8-15(12-16,9-7-13)18-11-5-4-10-17/h13,17H,4-12,16H2,1-3H3. The highest BCUT2D eigenvalue weighted by atomic mass is 16.5. The van der Waals surface area contributed by atoms with E-state index >= 15 is 0 Å². The zero-order chi connectivity index (χ0) is 13.6. The highest BCUT2D eigenvalue weighted by Crippen LogP contribution is 2.42. The summed E-state index contributed by atoms with van der Waals surface area (Å²) in [5.41, 5.74) is 6.25. The van der Waals surface area contributed by atoms with Gasteiger partial charge in [0.05, 0.1) is 5.60 Å². The molecular weight excluding hydrogens is 226 g/mol. The molecule has 1 fully saturated rings. The topological polar surface area (TPSA) is 55.5 Å². The summed E-state index contributed by atoms with van der Waals surface area (Å²) in [4.78, 5) is 0. The number of aliphatic hydroxyl groups is 1. The van der Waals surface area contributed by atoms with Crippen molar-refractivity contribution in [3.05, 3.63) is 0 Å². The van der Waals surface area contributed by atoms with Crippen LogP contribution >= 0.6 is 0 Å². The maximum absolute atomic E-state index is 8.77. The molecule has 3 N–H and O–H groups in total. The molecule has 0 aromatic carbocycles. The molecule has 1 aliphatic carbocycles. The van der Waals surface area contributed by atoms with Crippen molar-refractivity contribution < 1.29 is 9.84 Å². The fourth-order valence-corrected chi connectivity index (χ4v) is 2.92. The van der Waals surface area contributed by atoms with Crippen molar-refractivity contribution in [2.24, 2.45) is 17.1 Å². The normalized spacial score (nSPS) is 29.5. The lowest BCUT2D eigenvalue weighted by Crippen LogP contribution is -2.45. The maximum atomic E-state index is 8.77. The zero-order valence-corrected chi connectivity index (χ0v) is 12.4. The molecular formula is C15H31NO2. The molecule has 0 aliphatic heterocycles. The Labute approximate surface area is 112 Å². The van der Waals surface area contributed by atoms with Gasteiger partial charge in [-0.25, -0.2) is 0 Å². The summed E-state index contributed by atoms with van der Waals surface area (Å²) in [6.45, 7) is 8.60. The molecule has 0 aromatic heterocycles. The van der Waals surface area contributed by atoms with Crippen LogP contribution in [-0.2, 0) is 4.74 Å². The molecule has 18 heavy (non-hydrogen) atoms. The van der Waals surface area contributed by atoms with E-state index in [-0.39, 0.29) is 12.2 Å². The fourth-order valence-electron chi connectivity index (χ4n) is 2.92. The number of hydrogen-bond donors (Lipinski definition) is 2. The van der Waals surface area contributed by atoms with E-state index in [9.17, 15) is 0 Å². The lowest BCUT2D eigenvalue weighted by atomic mass is 9.68. The van der Waals surface area contributed by atoms with Gasteiger partial charge in [-0.15, -0.1) is 0 Å². The van der Waals surface area contributed by atoms with E-state index in [1.54, 1.807) is 0 Å². The lowest BCUT2D eigenvalue weighted by molar-refractivity contribution is -0.0811. The van der Waals surface area contributed by atoms with Crippen molar-refractivity contribution in [3.8, 4) is 0 Å². The average molecular weight is 257 g/mol. The Hall–Kier alpha value is -0.120. The van der Waals surface area contributed by atoms with Crippen LogP contribution in [-0.4, -0.2) is 30.5 Å². The molecule has 1 saturated carbocycles. The van der Waals surface area contributed by atoms with Crippen molar-refractivity contribution in [2.75, 3.05) is 19.8 Å². The molecule has 0 amide bonds. The monoisotopic (exact) mass is 257 g/mol. The Morgan fingerprint density at radius 1 is 1.22 bits per heavy atom. The van der Waals surface area contributed by atoms with Gasteiger partial charge in [-0.2, -0.15) is 0 Å². The quantitative estimate of drug-likeness (QED) is 0.719. The summed E-state index contributed by atoms with van der Waals surface area (Å²) >= 11 is 0. The molecule has 108 valence electrons. The Bertz CT molecular complexity index is 227. The molecule has 3 heteroatoms. The van der Waals surface area contributed by atoms with Crippen LogP contribution in [0.3, 0.4) is 0 Å². The van der Waals surface area contributed by atoms with E-state index in [2.05, 4.69) is 20.8 Å². The molecule has 1 rings (SSSR count). The number of ether oxygens (including phenoxy) is 1. The van der Waals surface area contributed by atoms with E-state index in [1.807, 2.05) is 0 Å². The zero-order valence-electron chi connectivity index (χ0n) is 12.4. The molecule has 0 saturated heterocycles. The summed E-state index contributed by atoms with van der Waals surface area (Å²) in [5.74, 6) is 0.790. The molecule has 0 heterocycles. The van der Waals surface area contributed by atoms with Crippen LogP contribution < -0.4 is 5.73 Å². The van der Waals surface area contributed by atoms with Gasteiger partial charge in [-0.3, -0.25) is 0 Å². The largest absolute Gasteiger partial charge is 0.396 e. The van der Waals surface area contributed by atoms with Gasteiger partial charge in [-0.1, -0.05) is 20.8 Å². The predicted octanol–water partition coefficient (Wildman–Crippen LogP) is 2.71. The third-order valence-corrected chi connectivity index (χ3v) is 4.45. The van der Waals surface area contributed by atoms with E-state index in [1.165, 1.54) is 12.8 Å². The van der Waals surface area contributed by atoms with Crippen LogP contribution in [0.1, 0.15) is 59.3 Å². The Kier molecular flexibility index (Phi) is 6.09. The van der Waals surface area contributed by atoms with Gasteiger partial charge in [0.15, 0.2) is 0 Å². The van der Waals surface area contributed by atoms with Gasteiger partial charge in [0.25, 0.3) is 0 Å². The van der Waals surface area contributed by atoms with Crippen LogP contribution in [0, 0.1) is 11.3 Å². The first-order valence-electron chi connectivity index (χ1n) is 7.38. The summed E-state index contributed by atoms with van der Waals surface area (Å²) < 4.78 is 6.05. The van der Waals surface area contributed by atoms with Crippen LogP contribution in [0.15, 0.2) is 0 Å². The average Bonchev–Trinajstić information content (AvgIpc) is 2.34. The second-order valence-corrected chi connectivity index (χ2v) is 6.81. The van der Waals surface area contributed by atoms with Crippen molar-refractivity contribution in [1.29, 1.82) is 0 Å². The first-order chi connectivity index (χ1) is 8.43. The fraction of sp³-hybridized carbons (Fsp3) is 1.00. The smallest absolute Gasteiger partial charge is 0.0804 e. The molecule has 0 spiro atoms. The predicted molar refractivity (Wildman–Crippen MR) is 75.5 cm³/mol. The van der Waals surface area contributed by atoms with E-state index in [4.69, 9.17) is 15.6 Å². The SMILES string of the molecule is CC(C)(C)C1CCC(CN)(OCCCCO)CC1. The van der Waals surface area contributed by atoms with Gasteiger partial charge in [0.1, 0.15) is 0 Å². The molecule has 0 radical (unpaired) electrons. The van der Waals surface area contributed by atoms with E-state index in [0.717, 1.165) is 38.2 Å². The summed E-state index contributed by atoms with van der Waals surface area (Å²) in [6, 6.07) is 0. The van der Waals surface area contributed by atoms with Gasteiger partial charge >= 0.3 is 0 Å². The number of nitrogens with two attached hydrogens (primary N) is 1. The number of rotatable bonds is 6. The highest BCUT2D eigenvalue weighted by molar-refractivity contribution is 4.91. The maximum Gasteiger partial charge on any atom is 0.0804 e. The van der Waals surface area contributed by atoms with Gasteiger partial charge in [0, 0.05) is 19.8 Å². The van der Waals surface area contributed by atoms with Crippen LogP contribution in [0.4, 0.5) is 0 Å². The van der Waals surface area contributed by atoms with Gasteiger partial charge in [0.2, 0.25) is 0 Å². The summed E-state index contributed by atoms with van der Waals surface area (Å²) in [5, 5.41) is 8.77. The van der Waals surface area contributed by atoms with E-state index in [0.29, 0.717) is 12.0 Å². The van der Waals surface area contributed by atoms with Crippen molar-refractivity contribution in [3.63, 3.8) is 0 Å². The Morgan fingerprint density at radius 3 is 2.28 bits per heavy atom. The molecule has 3 nitrogen and oxygen atoms in total. The first-order valence-corrected chi connectivity index (χ1v) is 7.38. The summed E-state index contributed by atoms with van der Waals surface area (Å²) in [7, 11) is 0. The van der Waals surface area contributed by atoms with Gasteiger partial charge < -0.3 is 15.6 Å². The Morgan fingerprint density at radius 2 is 1.83 bits per heavy atom. The lowest BCUT2D eigenvalue weighted by Gasteiger charge is -2.43. The highest BCUT2D eigenvalue weighted by Gasteiger charge is 2.38. The molecule has 1 aliphatic rings. The van der Waals surface area contributed by atoms with Crippen LogP contribution in [0.5, 0.6) is 0 Å². The minimum absolute atomic E-state index is 0.0861. The minimum Gasteiger partial charge on any atom is -0.396 e. The second-order valence-electron chi connectivity index (χ2n) is 6.81. The summed E-state index contributed by atoms with van der Waals surface area (Å²) in [6.07, 6.45) is 6.38. The van der Waals surface area contributed by atoms with Crippen LogP contribution in [0.25, 0.3) is 0 Å². The molecule has 0 unspecified atom stereocenters. The number of hydrogen-bond acceptors (Lipinski definition) is 3. The van der Waals surface area contributed by atoms with Crippen molar-refractivity contribution in [1.82, 2.24) is 0 Å². The van der Waals surface area contributed by atoms with Crippen molar-refractivity contribution >= 4 is 0 Å². The minimum atomic E-state index is -0.0861. The third kappa shape index (κ3) is 4.52. The first kappa shape index (κ1) is 15.9. The molecule has 0 atom stereocenters. The van der Waals surface area contributed by atoms with Crippen LogP contribution in [0.2, 0.25) is 0 Å².